The average molecular weight is 280 g/mol. The minimum absolute atomic E-state index is 0.262. The molecule has 2 aliphatic rings. The molecule has 1 aromatic heterocycles. The van der Waals surface area contributed by atoms with Gasteiger partial charge in [-0.05, 0) is 17.9 Å². The van der Waals surface area contributed by atoms with Gasteiger partial charge in [-0.15, -0.1) is 11.3 Å². The van der Waals surface area contributed by atoms with Gasteiger partial charge in [-0.3, -0.25) is 14.6 Å². The topological polar surface area (TPSA) is 32.8 Å². The number of ketones is 1. The standard InChI is InChI=1S/C14H20N2O2S/c17-13(14-2-1-9-19-14)11-15-4-3-12(10-15)16-5-7-18-8-6-16/h1-2,9,12H,3-8,10-11H2. The molecule has 0 radical (unpaired) electrons. The van der Waals surface area contributed by atoms with Crippen molar-refractivity contribution in [1.82, 2.24) is 9.80 Å². The van der Waals surface area contributed by atoms with Crippen molar-refractivity contribution in [2.45, 2.75) is 12.5 Å². The van der Waals surface area contributed by atoms with Crippen LogP contribution in [0.3, 0.4) is 0 Å². The van der Waals surface area contributed by atoms with E-state index in [2.05, 4.69) is 9.80 Å². The van der Waals surface area contributed by atoms with E-state index in [1.807, 2.05) is 17.5 Å². The van der Waals surface area contributed by atoms with Crippen molar-refractivity contribution in [2.24, 2.45) is 0 Å². The molecule has 0 saturated carbocycles. The number of carbonyl (C=O) groups is 1. The molecule has 3 rings (SSSR count). The second kappa shape index (κ2) is 6.13. The van der Waals surface area contributed by atoms with Crippen LogP contribution in [-0.4, -0.2) is 67.6 Å². The summed E-state index contributed by atoms with van der Waals surface area (Å²) in [5, 5.41) is 1.97. The van der Waals surface area contributed by atoms with Gasteiger partial charge in [-0.2, -0.15) is 0 Å². The Morgan fingerprint density at radius 2 is 2.21 bits per heavy atom. The van der Waals surface area contributed by atoms with Crippen molar-refractivity contribution in [2.75, 3.05) is 45.9 Å². The summed E-state index contributed by atoms with van der Waals surface area (Å²) in [4.78, 5) is 17.8. The fraction of sp³-hybridized carbons (Fsp3) is 0.643. The quantitative estimate of drug-likeness (QED) is 0.779. The Morgan fingerprint density at radius 1 is 1.37 bits per heavy atom. The van der Waals surface area contributed by atoms with E-state index in [4.69, 9.17) is 4.74 Å². The monoisotopic (exact) mass is 280 g/mol. The lowest BCUT2D eigenvalue weighted by Crippen LogP contribution is -2.45. The molecule has 0 amide bonds. The predicted molar refractivity (Wildman–Crippen MR) is 75.9 cm³/mol. The van der Waals surface area contributed by atoms with Crippen LogP contribution in [0.15, 0.2) is 17.5 Å². The zero-order chi connectivity index (χ0) is 13.1. The first-order valence-corrected chi connectivity index (χ1v) is 7.82. The number of morpholine rings is 1. The van der Waals surface area contributed by atoms with E-state index in [0.29, 0.717) is 12.6 Å². The van der Waals surface area contributed by atoms with Crippen LogP contribution in [0.25, 0.3) is 0 Å². The number of rotatable bonds is 4. The molecular formula is C14H20N2O2S. The third kappa shape index (κ3) is 3.23. The number of carbonyl (C=O) groups excluding carboxylic acids is 1. The molecule has 104 valence electrons. The van der Waals surface area contributed by atoms with Crippen molar-refractivity contribution in [1.29, 1.82) is 0 Å². The highest BCUT2D eigenvalue weighted by Crippen LogP contribution is 2.18. The summed E-state index contributed by atoms with van der Waals surface area (Å²) < 4.78 is 5.39. The SMILES string of the molecule is O=C(CN1CCC(N2CCOCC2)C1)c1cccs1. The molecule has 1 unspecified atom stereocenters. The first kappa shape index (κ1) is 13.2. The molecule has 0 spiro atoms. The Hall–Kier alpha value is -0.750. The van der Waals surface area contributed by atoms with Crippen LogP contribution in [-0.2, 0) is 4.74 Å². The van der Waals surface area contributed by atoms with Gasteiger partial charge in [0.05, 0.1) is 24.6 Å². The van der Waals surface area contributed by atoms with Gasteiger partial charge in [0.1, 0.15) is 0 Å². The summed E-state index contributed by atoms with van der Waals surface area (Å²) in [6, 6.07) is 4.47. The Kier molecular flexibility index (Phi) is 4.28. The highest BCUT2D eigenvalue weighted by Gasteiger charge is 2.29. The fourth-order valence-corrected chi connectivity index (χ4v) is 3.57. The third-order valence-corrected chi connectivity index (χ3v) is 4.88. The summed E-state index contributed by atoms with van der Waals surface area (Å²) >= 11 is 1.54. The van der Waals surface area contributed by atoms with Crippen LogP contribution >= 0.6 is 11.3 Å². The number of likely N-dealkylation sites (tertiary alicyclic amines) is 1. The molecule has 1 atom stereocenters. The highest BCUT2D eigenvalue weighted by molar-refractivity contribution is 7.12. The molecule has 0 N–H and O–H groups in total. The van der Waals surface area contributed by atoms with Gasteiger partial charge < -0.3 is 4.74 Å². The lowest BCUT2D eigenvalue weighted by atomic mass is 10.2. The van der Waals surface area contributed by atoms with Crippen molar-refractivity contribution in [3.05, 3.63) is 22.4 Å². The second-order valence-electron chi connectivity index (χ2n) is 5.23. The molecule has 2 saturated heterocycles. The van der Waals surface area contributed by atoms with E-state index in [1.54, 1.807) is 11.3 Å². The summed E-state index contributed by atoms with van der Waals surface area (Å²) in [6.45, 7) is 6.42. The molecule has 5 heteroatoms. The van der Waals surface area contributed by atoms with Gasteiger partial charge in [0.2, 0.25) is 0 Å². The first-order chi connectivity index (χ1) is 9.33. The van der Waals surface area contributed by atoms with Crippen LogP contribution in [0.1, 0.15) is 16.1 Å². The lowest BCUT2D eigenvalue weighted by Gasteiger charge is -2.32. The average Bonchev–Trinajstić information content (AvgIpc) is 3.11. The molecule has 4 nitrogen and oxygen atoms in total. The molecule has 3 heterocycles. The number of hydrogen-bond acceptors (Lipinski definition) is 5. The lowest BCUT2D eigenvalue weighted by molar-refractivity contribution is 0.0185. The van der Waals surface area contributed by atoms with Gasteiger partial charge >= 0.3 is 0 Å². The number of Topliss-reactive ketones (excluding diaryl/α,β-unsaturated/α-hetero) is 1. The van der Waals surface area contributed by atoms with Gasteiger partial charge in [0.15, 0.2) is 5.78 Å². The van der Waals surface area contributed by atoms with E-state index >= 15 is 0 Å². The maximum atomic E-state index is 12.1. The minimum atomic E-state index is 0.262. The van der Waals surface area contributed by atoms with Crippen LogP contribution < -0.4 is 0 Å². The molecule has 0 aliphatic carbocycles. The molecule has 0 bridgehead atoms. The zero-order valence-electron chi connectivity index (χ0n) is 11.1. The molecule has 2 aliphatic heterocycles. The van der Waals surface area contributed by atoms with E-state index in [0.717, 1.165) is 44.3 Å². The smallest absolute Gasteiger partial charge is 0.186 e. The molecular weight excluding hydrogens is 260 g/mol. The van der Waals surface area contributed by atoms with Gasteiger partial charge in [0, 0.05) is 32.2 Å². The first-order valence-electron chi connectivity index (χ1n) is 6.94. The molecule has 0 aromatic carbocycles. The van der Waals surface area contributed by atoms with Crippen LogP contribution in [0.5, 0.6) is 0 Å². The largest absolute Gasteiger partial charge is 0.379 e. The molecule has 2 fully saturated rings. The molecule has 19 heavy (non-hydrogen) atoms. The van der Waals surface area contributed by atoms with Gasteiger partial charge in [0.25, 0.3) is 0 Å². The predicted octanol–water partition coefficient (Wildman–Crippen LogP) is 1.34. The Labute approximate surface area is 118 Å². The zero-order valence-corrected chi connectivity index (χ0v) is 11.9. The van der Waals surface area contributed by atoms with Crippen molar-refractivity contribution >= 4 is 17.1 Å². The Balaban J connectivity index is 1.50. The van der Waals surface area contributed by atoms with Crippen LogP contribution in [0.4, 0.5) is 0 Å². The van der Waals surface area contributed by atoms with E-state index in [1.165, 1.54) is 6.42 Å². The maximum absolute atomic E-state index is 12.1. The normalized spacial score (nSPS) is 25.8. The summed E-state index contributed by atoms with van der Waals surface area (Å²) in [5.74, 6) is 0.262. The number of ether oxygens (including phenoxy) is 1. The van der Waals surface area contributed by atoms with Crippen LogP contribution in [0, 0.1) is 0 Å². The Bertz CT molecular complexity index is 415. The third-order valence-electron chi connectivity index (χ3n) is 3.97. The van der Waals surface area contributed by atoms with Gasteiger partial charge in [-0.25, -0.2) is 0 Å². The second-order valence-corrected chi connectivity index (χ2v) is 6.17. The Morgan fingerprint density at radius 3 is 2.95 bits per heavy atom. The summed E-state index contributed by atoms with van der Waals surface area (Å²) in [5.41, 5.74) is 0. The van der Waals surface area contributed by atoms with Crippen molar-refractivity contribution < 1.29 is 9.53 Å². The van der Waals surface area contributed by atoms with Crippen molar-refractivity contribution in [3.8, 4) is 0 Å². The van der Waals surface area contributed by atoms with E-state index < -0.39 is 0 Å². The number of hydrogen-bond donors (Lipinski definition) is 0. The fourth-order valence-electron chi connectivity index (χ4n) is 2.91. The van der Waals surface area contributed by atoms with E-state index in [9.17, 15) is 4.79 Å². The summed E-state index contributed by atoms with van der Waals surface area (Å²) in [7, 11) is 0. The van der Waals surface area contributed by atoms with E-state index in [-0.39, 0.29) is 5.78 Å². The summed E-state index contributed by atoms with van der Waals surface area (Å²) in [6.07, 6.45) is 1.18. The van der Waals surface area contributed by atoms with Crippen molar-refractivity contribution in [3.63, 3.8) is 0 Å². The molecule has 1 aromatic rings. The van der Waals surface area contributed by atoms with Gasteiger partial charge in [-0.1, -0.05) is 6.07 Å². The maximum Gasteiger partial charge on any atom is 0.186 e. The number of nitrogens with zero attached hydrogens (tertiary/aromatic N) is 2. The van der Waals surface area contributed by atoms with Crippen LogP contribution in [0.2, 0.25) is 0 Å². The minimum Gasteiger partial charge on any atom is -0.379 e. The highest BCUT2D eigenvalue weighted by atomic mass is 32.1. The number of thiophene rings is 1.